The third-order valence-electron chi connectivity index (χ3n) is 2.23. The van der Waals surface area contributed by atoms with E-state index in [1.54, 1.807) is 0 Å². The summed E-state index contributed by atoms with van der Waals surface area (Å²) < 4.78 is 5.32. The fourth-order valence-corrected chi connectivity index (χ4v) is 1.35. The lowest BCUT2D eigenvalue weighted by molar-refractivity contribution is -0.0555. The van der Waals surface area contributed by atoms with Crippen molar-refractivity contribution in [1.82, 2.24) is 0 Å². The van der Waals surface area contributed by atoms with E-state index in [1.807, 2.05) is 6.08 Å². The maximum absolute atomic E-state index is 5.32. The molecule has 0 radical (unpaired) electrons. The molecule has 1 rings (SSSR count). The fourth-order valence-electron chi connectivity index (χ4n) is 1.35. The minimum absolute atomic E-state index is 0.610. The van der Waals surface area contributed by atoms with Crippen LogP contribution in [0, 0.1) is 0 Å². The molecular weight excluding hydrogens is 136 g/mol. The number of rotatable bonds is 6. The number of hydrogen-bond acceptors (Lipinski definition) is 1. The highest BCUT2D eigenvalue weighted by atomic mass is 16.5. The van der Waals surface area contributed by atoms with E-state index in [9.17, 15) is 0 Å². The van der Waals surface area contributed by atoms with Gasteiger partial charge in [-0.2, -0.15) is 0 Å². The summed E-state index contributed by atoms with van der Waals surface area (Å²) >= 11 is 0. The highest BCUT2D eigenvalue weighted by molar-refractivity contribution is 4.68. The molecule has 1 aliphatic rings. The van der Waals surface area contributed by atoms with Crippen molar-refractivity contribution in [1.29, 1.82) is 0 Å². The highest BCUT2D eigenvalue weighted by Crippen LogP contribution is 2.18. The summed E-state index contributed by atoms with van der Waals surface area (Å²) in [5.74, 6) is 0. The molecule has 0 aromatic rings. The zero-order chi connectivity index (χ0) is 7.94. The Morgan fingerprint density at radius 3 is 2.73 bits per heavy atom. The molecule has 0 saturated carbocycles. The third kappa shape index (κ3) is 3.57. The van der Waals surface area contributed by atoms with Gasteiger partial charge in [0.25, 0.3) is 0 Å². The van der Waals surface area contributed by atoms with Gasteiger partial charge in [0.2, 0.25) is 0 Å². The van der Waals surface area contributed by atoms with Gasteiger partial charge in [0.1, 0.15) is 0 Å². The summed E-state index contributed by atoms with van der Waals surface area (Å²) in [4.78, 5) is 0. The first-order chi connectivity index (χ1) is 5.43. The summed E-state index contributed by atoms with van der Waals surface area (Å²) in [5, 5.41) is 0. The number of unbranched alkanes of at least 4 members (excludes halogenated alkanes) is 3. The Balaban J connectivity index is 1.76. The molecule has 0 N–H and O–H groups in total. The van der Waals surface area contributed by atoms with Crippen molar-refractivity contribution in [3.8, 4) is 0 Å². The molecule has 1 aliphatic heterocycles. The molecule has 0 aromatic carbocycles. The van der Waals surface area contributed by atoms with Crippen LogP contribution in [0.15, 0.2) is 12.7 Å². The van der Waals surface area contributed by atoms with Crippen LogP contribution in [0.25, 0.3) is 0 Å². The van der Waals surface area contributed by atoms with Crippen LogP contribution in [0.5, 0.6) is 0 Å². The first kappa shape index (κ1) is 8.79. The third-order valence-corrected chi connectivity index (χ3v) is 2.23. The van der Waals surface area contributed by atoms with Crippen molar-refractivity contribution < 1.29 is 4.74 Å². The van der Waals surface area contributed by atoms with E-state index in [-0.39, 0.29) is 0 Å². The Morgan fingerprint density at radius 1 is 1.36 bits per heavy atom. The first-order valence-electron chi connectivity index (χ1n) is 4.66. The van der Waals surface area contributed by atoms with E-state index in [2.05, 4.69) is 6.58 Å². The van der Waals surface area contributed by atoms with Crippen molar-refractivity contribution in [3.63, 3.8) is 0 Å². The topological polar surface area (TPSA) is 9.23 Å². The lowest BCUT2D eigenvalue weighted by Gasteiger charge is -2.26. The van der Waals surface area contributed by atoms with Gasteiger partial charge < -0.3 is 4.74 Å². The van der Waals surface area contributed by atoms with E-state index in [4.69, 9.17) is 4.74 Å². The second kappa shape index (κ2) is 5.36. The predicted octanol–water partition coefficient (Wildman–Crippen LogP) is 2.91. The van der Waals surface area contributed by atoms with Crippen molar-refractivity contribution in [2.75, 3.05) is 6.61 Å². The standard InChI is InChI=1S/C10H18O/c1-2-3-4-5-6-7-10-8-9-11-10/h2,10H,1,3-9H2. The molecular formula is C10H18O. The summed E-state index contributed by atoms with van der Waals surface area (Å²) in [6.45, 7) is 4.69. The Labute approximate surface area is 69.4 Å². The number of allylic oxidation sites excluding steroid dienone is 1. The predicted molar refractivity (Wildman–Crippen MR) is 47.6 cm³/mol. The molecule has 64 valence electrons. The summed E-state index contributed by atoms with van der Waals surface area (Å²) in [6.07, 6.45) is 10.3. The number of ether oxygens (including phenoxy) is 1. The molecule has 0 amide bonds. The molecule has 1 heteroatoms. The van der Waals surface area contributed by atoms with Gasteiger partial charge in [0.05, 0.1) is 6.10 Å². The van der Waals surface area contributed by atoms with Crippen molar-refractivity contribution in [2.24, 2.45) is 0 Å². The second-order valence-corrected chi connectivity index (χ2v) is 3.21. The van der Waals surface area contributed by atoms with Gasteiger partial charge in [-0.3, -0.25) is 0 Å². The molecule has 1 unspecified atom stereocenters. The van der Waals surface area contributed by atoms with Gasteiger partial charge in [-0.05, 0) is 25.7 Å². The lowest BCUT2D eigenvalue weighted by atomic mass is 10.0. The Morgan fingerprint density at radius 2 is 2.18 bits per heavy atom. The van der Waals surface area contributed by atoms with Gasteiger partial charge in [0.15, 0.2) is 0 Å². The molecule has 0 spiro atoms. The Kier molecular flexibility index (Phi) is 4.29. The first-order valence-corrected chi connectivity index (χ1v) is 4.66. The van der Waals surface area contributed by atoms with Gasteiger partial charge in [0, 0.05) is 6.61 Å². The maximum Gasteiger partial charge on any atom is 0.0597 e. The van der Waals surface area contributed by atoms with E-state index >= 15 is 0 Å². The van der Waals surface area contributed by atoms with E-state index < -0.39 is 0 Å². The van der Waals surface area contributed by atoms with Gasteiger partial charge >= 0.3 is 0 Å². The minimum Gasteiger partial charge on any atom is -0.378 e. The monoisotopic (exact) mass is 154 g/mol. The van der Waals surface area contributed by atoms with E-state index in [1.165, 1.54) is 38.5 Å². The summed E-state index contributed by atoms with van der Waals surface area (Å²) in [5.41, 5.74) is 0. The van der Waals surface area contributed by atoms with Crippen LogP contribution < -0.4 is 0 Å². The largest absolute Gasteiger partial charge is 0.378 e. The van der Waals surface area contributed by atoms with Crippen molar-refractivity contribution in [2.45, 2.75) is 44.6 Å². The van der Waals surface area contributed by atoms with Crippen LogP contribution in [-0.2, 0) is 4.74 Å². The van der Waals surface area contributed by atoms with Crippen LogP contribution in [0.3, 0.4) is 0 Å². The SMILES string of the molecule is C=CCCCCCC1CCO1. The zero-order valence-corrected chi connectivity index (χ0v) is 7.22. The summed E-state index contributed by atoms with van der Waals surface area (Å²) in [6, 6.07) is 0. The lowest BCUT2D eigenvalue weighted by Crippen LogP contribution is -2.26. The zero-order valence-electron chi connectivity index (χ0n) is 7.22. The normalized spacial score (nSPS) is 22.7. The molecule has 1 saturated heterocycles. The van der Waals surface area contributed by atoms with E-state index in [0.717, 1.165) is 6.61 Å². The van der Waals surface area contributed by atoms with Gasteiger partial charge in [-0.15, -0.1) is 6.58 Å². The minimum atomic E-state index is 0.610. The average Bonchev–Trinajstić information content (AvgIpc) is 1.93. The molecule has 1 atom stereocenters. The smallest absolute Gasteiger partial charge is 0.0597 e. The summed E-state index contributed by atoms with van der Waals surface area (Å²) in [7, 11) is 0. The molecule has 1 nitrogen and oxygen atoms in total. The molecule has 0 bridgehead atoms. The van der Waals surface area contributed by atoms with Crippen LogP contribution in [0.1, 0.15) is 38.5 Å². The molecule has 1 fully saturated rings. The van der Waals surface area contributed by atoms with E-state index in [0.29, 0.717) is 6.10 Å². The Hall–Kier alpha value is -0.300. The van der Waals surface area contributed by atoms with Gasteiger partial charge in [-0.25, -0.2) is 0 Å². The van der Waals surface area contributed by atoms with Crippen LogP contribution >= 0.6 is 0 Å². The number of hydrogen-bond donors (Lipinski definition) is 0. The quantitative estimate of drug-likeness (QED) is 0.422. The Bertz CT molecular complexity index is 105. The van der Waals surface area contributed by atoms with Gasteiger partial charge in [-0.1, -0.05) is 18.9 Å². The maximum atomic E-state index is 5.32. The molecule has 0 aliphatic carbocycles. The van der Waals surface area contributed by atoms with Crippen LogP contribution in [0.4, 0.5) is 0 Å². The highest BCUT2D eigenvalue weighted by Gasteiger charge is 2.16. The molecule has 0 aromatic heterocycles. The van der Waals surface area contributed by atoms with Crippen LogP contribution in [0.2, 0.25) is 0 Å². The molecule has 1 heterocycles. The van der Waals surface area contributed by atoms with Crippen LogP contribution in [-0.4, -0.2) is 12.7 Å². The average molecular weight is 154 g/mol. The molecule has 11 heavy (non-hydrogen) atoms. The fraction of sp³-hybridized carbons (Fsp3) is 0.800. The van der Waals surface area contributed by atoms with Crippen molar-refractivity contribution in [3.05, 3.63) is 12.7 Å². The second-order valence-electron chi connectivity index (χ2n) is 3.21. The van der Waals surface area contributed by atoms with Crippen molar-refractivity contribution >= 4 is 0 Å².